The summed E-state index contributed by atoms with van der Waals surface area (Å²) in [5.74, 6) is -0.564. The van der Waals surface area contributed by atoms with Gasteiger partial charge in [0.05, 0.1) is 22.7 Å². The number of anilines is 2. The van der Waals surface area contributed by atoms with E-state index >= 15 is 0 Å². The quantitative estimate of drug-likeness (QED) is 0.564. The van der Waals surface area contributed by atoms with Gasteiger partial charge in [0, 0.05) is 11.3 Å². The maximum absolute atomic E-state index is 13.3. The summed E-state index contributed by atoms with van der Waals surface area (Å²) < 4.78 is 45.8. The molecule has 0 aliphatic heterocycles. The number of nitrogens with one attached hydrogen (secondary N) is 2. The van der Waals surface area contributed by atoms with Crippen LogP contribution in [0.1, 0.15) is 15.9 Å². The molecule has 0 spiro atoms. The third-order valence-electron chi connectivity index (χ3n) is 4.20. The summed E-state index contributed by atoms with van der Waals surface area (Å²) in [5.41, 5.74) is 2.05. The van der Waals surface area contributed by atoms with Crippen molar-refractivity contribution in [2.24, 2.45) is 0 Å². The zero-order chi connectivity index (χ0) is 21.9. The lowest BCUT2D eigenvalue weighted by Crippen LogP contribution is -2.14. The zero-order valence-corrected chi connectivity index (χ0v) is 17.6. The number of carbonyl (C=O) groups excluding carboxylic acids is 1. The van der Waals surface area contributed by atoms with Crippen LogP contribution >= 0.6 is 11.6 Å². The largest absolute Gasteiger partial charge is 0.495 e. The number of sulfonamides is 1. The fraction of sp³-hybridized carbons (Fsp3) is 0.0952. The van der Waals surface area contributed by atoms with E-state index < -0.39 is 15.8 Å². The number of hydrogen-bond acceptors (Lipinski definition) is 4. The molecule has 156 valence electrons. The number of methoxy groups -OCH3 is 1. The van der Waals surface area contributed by atoms with Gasteiger partial charge < -0.3 is 10.1 Å². The number of amides is 1. The van der Waals surface area contributed by atoms with Crippen LogP contribution < -0.4 is 14.8 Å². The molecule has 3 aromatic rings. The highest BCUT2D eigenvalue weighted by Gasteiger charge is 2.17. The van der Waals surface area contributed by atoms with Crippen molar-refractivity contribution in [3.8, 4) is 5.75 Å². The van der Waals surface area contributed by atoms with Gasteiger partial charge in [0.25, 0.3) is 15.9 Å². The second kappa shape index (κ2) is 8.73. The van der Waals surface area contributed by atoms with E-state index in [9.17, 15) is 17.6 Å². The van der Waals surface area contributed by atoms with Crippen LogP contribution in [0.5, 0.6) is 5.75 Å². The van der Waals surface area contributed by atoms with E-state index in [1.54, 1.807) is 12.1 Å². The Labute approximate surface area is 178 Å². The predicted octanol–water partition coefficient (Wildman–Crippen LogP) is 4.85. The monoisotopic (exact) mass is 448 g/mol. The first-order valence-electron chi connectivity index (χ1n) is 8.73. The molecule has 0 saturated carbocycles. The van der Waals surface area contributed by atoms with E-state index in [-0.39, 0.29) is 21.5 Å². The summed E-state index contributed by atoms with van der Waals surface area (Å²) in [5, 5.41) is 2.48. The number of benzene rings is 3. The molecule has 3 rings (SSSR count). The van der Waals surface area contributed by atoms with Crippen molar-refractivity contribution in [2.45, 2.75) is 11.8 Å². The minimum Gasteiger partial charge on any atom is -0.495 e. The van der Waals surface area contributed by atoms with E-state index in [4.69, 9.17) is 16.3 Å². The van der Waals surface area contributed by atoms with Gasteiger partial charge in [-0.1, -0.05) is 17.7 Å². The minimum absolute atomic E-state index is 0.178. The van der Waals surface area contributed by atoms with Crippen molar-refractivity contribution in [1.82, 2.24) is 0 Å². The summed E-state index contributed by atoms with van der Waals surface area (Å²) in [7, 11) is -2.46. The van der Waals surface area contributed by atoms with Gasteiger partial charge in [0.15, 0.2) is 0 Å². The molecule has 2 N–H and O–H groups in total. The molecule has 6 nitrogen and oxygen atoms in total. The molecule has 0 aliphatic rings. The van der Waals surface area contributed by atoms with E-state index in [1.165, 1.54) is 31.4 Å². The van der Waals surface area contributed by atoms with Gasteiger partial charge in [-0.25, -0.2) is 12.8 Å². The molecule has 0 atom stereocenters. The lowest BCUT2D eigenvalue weighted by molar-refractivity contribution is 0.102. The van der Waals surface area contributed by atoms with Gasteiger partial charge in [-0.2, -0.15) is 0 Å². The lowest BCUT2D eigenvalue weighted by atomic mass is 10.1. The third-order valence-corrected chi connectivity index (χ3v) is 5.87. The average molecular weight is 449 g/mol. The fourth-order valence-electron chi connectivity index (χ4n) is 2.66. The van der Waals surface area contributed by atoms with Crippen LogP contribution in [0, 0.1) is 12.7 Å². The summed E-state index contributed by atoms with van der Waals surface area (Å²) in [6, 6.07) is 14.4. The first kappa shape index (κ1) is 21.6. The lowest BCUT2D eigenvalue weighted by Gasteiger charge is -2.12. The van der Waals surface area contributed by atoms with Gasteiger partial charge in [0.2, 0.25) is 0 Å². The molecule has 0 aliphatic carbocycles. The topological polar surface area (TPSA) is 84.5 Å². The van der Waals surface area contributed by atoms with Crippen molar-refractivity contribution in [3.05, 3.63) is 82.6 Å². The first-order valence-corrected chi connectivity index (χ1v) is 10.6. The van der Waals surface area contributed by atoms with Crippen molar-refractivity contribution in [1.29, 1.82) is 0 Å². The standard InChI is InChI=1S/C21H18ClFN2O4S/c1-13-3-10-20(29-2)19(11-13)24-21(26)14-4-6-15(7-5-14)25-30(27,28)16-8-9-18(23)17(22)12-16/h3-12,25H,1-2H3,(H,24,26). The molecule has 0 heterocycles. The number of aryl methyl sites for hydroxylation is 1. The average Bonchev–Trinajstić information content (AvgIpc) is 2.70. The Morgan fingerprint density at radius 2 is 1.73 bits per heavy atom. The molecule has 0 saturated heterocycles. The number of ether oxygens (including phenoxy) is 1. The van der Waals surface area contributed by atoms with Crippen molar-refractivity contribution in [2.75, 3.05) is 17.1 Å². The van der Waals surface area contributed by atoms with Crippen LogP contribution in [-0.4, -0.2) is 21.4 Å². The molecule has 0 unspecified atom stereocenters. The number of carbonyl (C=O) groups is 1. The Morgan fingerprint density at radius 1 is 1.03 bits per heavy atom. The van der Waals surface area contributed by atoms with Crippen LogP contribution in [-0.2, 0) is 10.0 Å². The molecule has 0 radical (unpaired) electrons. The zero-order valence-electron chi connectivity index (χ0n) is 16.1. The van der Waals surface area contributed by atoms with Gasteiger partial charge in [-0.05, 0) is 67.1 Å². The predicted molar refractivity (Wildman–Crippen MR) is 114 cm³/mol. The molecule has 3 aromatic carbocycles. The van der Waals surface area contributed by atoms with Gasteiger partial charge >= 0.3 is 0 Å². The van der Waals surface area contributed by atoms with E-state index in [1.807, 2.05) is 13.0 Å². The molecule has 0 fully saturated rings. The van der Waals surface area contributed by atoms with E-state index in [0.29, 0.717) is 17.0 Å². The highest BCUT2D eigenvalue weighted by Crippen LogP contribution is 2.26. The molecule has 9 heteroatoms. The summed E-state index contributed by atoms with van der Waals surface area (Å²) in [6.45, 7) is 1.89. The Bertz CT molecular complexity index is 1200. The number of hydrogen-bond donors (Lipinski definition) is 2. The third kappa shape index (κ3) is 4.90. The maximum atomic E-state index is 13.3. The highest BCUT2D eigenvalue weighted by molar-refractivity contribution is 7.92. The Kier molecular flexibility index (Phi) is 6.28. The van der Waals surface area contributed by atoms with Gasteiger partial charge in [0.1, 0.15) is 11.6 Å². The SMILES string of the molecule is COc1ccc(C)cc1NC(=O)c1ccc(NS(=O)(=O)c2ccc(F)c(Cl)c2)cc1. The second-order valence-corrected chi connectivity index (χ2v) is 8.51. The van der Waals surface area contributed by atoms with E-state index in [2.05, 4.69) is 10.0 Å². The van der Waals surface area contributed by atoms with Gasteiger partial charge in [-0.15, -0.1) is 0 Å². The van der Waals surface area contributed by atoms with Crippen LogP contribution in [0.15, 0.2) is 65.6 Å². The normalized spacial score (nSPS) is 11.1. The van der Waals surface area contributed by atoms with Crippen molar-refractivity contribution >= 4 is 38.9 Å². The van der Waals surface area contributed by atoms with Crippen LogP contribution in [0.3, 0.4) is 0 Å². The van der Waals surface area contributed by atoms with Gasteiger partial charge in [-0.3, -0.25) is 9.52 Å². The smallest absolute Gasteiger partial charge is 0.261 e. The molecular formula is C21H18ClFN2O4S. The Morgan fingerprint density at radius 3 is 2.37 bits per heavy atom. The molecule has 0 bridgehead atoms. The number of rotatable bonds is 6. The highest BCUT2D eigenvalue weighted by atomic mass is 35.5. The molecule has 1 amide bonds. The Balaban J connectivity index is 1.75. The molecule has 30 heavy (non-hydrogen) atoms. The number of halogens is 2. The first-order chi connectivity index (χ1) is 14.2. The summed E-state index contributed by atoms with van der Waals surface area (Å²) in [6.07, 6.45) is 0. The summed E-state index contributed by atoms with van der Waals surface area (Å²) >= 11 is 5.66. The van der Waals surface area contributed by atoms with Crippen molar-refractivity contribution < 1.29 is 22.3 Å². The van der Waals surface area contributed by atoms with Crippen LogP contribution in [0.2, 0.25) is 5.02 Å². The fourth-order valence-corrected chi connectivity index (χ4v) is 3.99. The molecular weight excluding hydrogens is 431 g/mol. The van der Waals surface area contributed by atoms with Crippen molar-refractivity contribution in [3.63, 3.8) is 0 Å². The van der Waals surface area contributed by atoms with Crippen LogP contribution in [0.25, 0.3) is 0 Å². The van der Waals surface area contributed by atoms with E-state index in [0.717, 1.165) is 23.8 Å². The second-order valence-electron chi connectivity index (χ2n) is 6.42. The Hall–Kier alpha value is -3.10. The van der Waals surface area contributed by atoms with Crippen LogP contribution in [0.4, 0.5) is 15.8 Å². The molecule has 0 aromatic heterocycles. The summed E-state index contributed by atoms with van der Waals surface area (Å²) in [4.78, 5) is 12.3. The minimum atomic E-state index is -3.97. The maximum Gasteiger partial charge on any atom is 0.261 e.